The maximum absolute atomic E-state index is 14.5. The number of ether oxygens (including phenoxy) is 1. The number of anilines is 2. The average molecular weight is 453 g/mol. The van der Waals surface area contributed by atoms with Gasteiger partial charge in [-0.25, -0.2) is 13.6 Å². The summed E-state index contributed by atoms with van der Waals surface area (Å²) in [5, 5.41) is 6.56. The Balaban J connectivity index is 1.48. The highest BCUT2D eigenvalue weighted by molar-refractivity contribution is 5.89. The fourth-order valence-corrected chi connectivity index (χ4v) is 3.73. The van der Waals surface area contributed by atoms with Crippen molar-refractivity contribution in [1.82, 2.24) is 4.90 Å². The molecule has 0 spiro atoms. The Morgan fingerprint density at radius 2 is 1.75 bits per heavy atom. The van der Waals surface area contributed by atoms with Crippen LogP contribution in [0.4, 0.5) is 25.0 Å². The fraction of sp³-hybridized carbons (Fsp3) is 0.591. The van der Waals surface area contributed by atoms with Crippen LogP contribution >= 0.6 is 0 Å². The predicted molar refractivity (Wildman–Crippen MR) is 117 cm³/mol. The molecule has 3 rings (SSSR count). The predicted octanol–water partition coefficient (Wildman–Crippen LogP) is 3.91. The molecule has 0 radical (unpaired) electrons. The highest BCUT2D eigenvalue weighted by Gasteiger charge is 2.26. The molecule has 176 valence electrons. The van der Waals surface area contributed by atoms with E-state index in [0.717, 1.165) is 17.8 Å². The molecule has 2 aliphatic rings. The Bertz CT molecular complexity index is 860. The lowest BCUT2D eigenvalue weighted by Gasteiger charge is -2.32. The Morgan fingerprint density at radius 1 is 1.09 bits per heavy atom. The molecule has 2 saturated heterocycles. The van der Waals surface area contributed by atoms with E-state index in [2.05, 4.69) is 10.5 Å². The molecule has 1 aromatic rings. The summed E-state index contributed by atoms with van der Waals surface area (Å²) in [5.41, 5.74) is 0.866. The lowest BCUT2D eigenvalue weighted by Crippen LogP contribution is -2.41. The van der Waals surface area contributed by atoms with Crippen LogP contribution in [0.25, 0.3) is 0 Å². The molecule has 10 heteroatoms. The van der Waals surface area contributed by atoms with E-state index in [4.69, 9.17) is 9.57 Å². The standard InChI is InChI=1S/C22H30F2N4O4/c1-14(2)31-22(30)28-10-6-17(7-11-28)32-26-16-4-8-27(9-5-16)21-13-18(23)20(12-19(21)24)25-15(3)29/h12-14,17H,4-11H2,1-3H3,(H,25,29). The number of carbonyl (C=O) groups excluding carboxylic acids is 2. The lowest BCUT2D eigenvalue weighted by atomic mass is 10.1. The molecule has 0 unspecified atom stereocenters. The summed E-state index contributed by atoms with van der Waals surface area (Å²) in [6, 6.07) is 2.11. The zero-order chi connectivity index (χ0) is 23.3. The lowest BCUT2D eigenvalue weighted by molar-refractivity contribution is -0.114. The number of benzene rings is 1. The zero-order valence-electron chi connectivity index (χ0n) is 18.7. The molecule has 0 aliphatic carbocycles. The molecule has 2 fully saturated rings. The van der Waals surface area contributed by atoms with E-state index in [1.807, 2.05) is 13.8 Å². The first-order valence-corrected chi connectivity index (χ1v) is 10.9. The number of hydrogen-bond donors (Lipinski definition) is 1. The van der Waals surface area contributed by atoms with Crippen molar-refractivity contribution < 1.29 is 27.9 Å². The SMILES string of the molecule is CC(=O)Nc1cc(F)c(N2CCC(=NOC3CCN(C(=O)OC(C)C)CC3)CC2)cc1F. The molecule has 0 bridgehead atoms. The number of halogens is 2. The number of amides is 2. The number of hydrogen-bond acceptors (Lipinski definition) is 6. The van der Waals surface area contributed by atoms with Crippen LogP contribution in [0.3, 0.4) is 0 Å². The number of carbonyl (C=O) groups is 2. The van der Waals surface area contributed by atoms with Gasteiger partial charge in [-0.2, -0.15) is 0 Å². The van der Waals surface area contributed by atoms with Gasteiger partial charge in [0.2, 0.25) is 5.91 Å². The van der Waals surface area contributed by atoms with Crippen LogP contribution in [-0.4, -0.2) is 61.0 Å². The smallest absolute Gasteiger partial charge is 0.410 e. The molecular weight excluding hydrogens is 422 g/mol. The summed E-state index contributed by atoms with van der Waals surface area (Å²) in [5.74, 6) is -1.73. The van der Waals surface area contributed by atoms with Gasteiger partial charge in [0, 0.05) is 70.9 Å². The van der Waals surface area contributed by atoms with Crippen molar-refractivity contribution in [2.45, 2.75) is 58.7 Å². The maximum Gasteiger partial charge on any atom is 0.410 e. The van der Waals surface area contributed by atoms with Gasteiger partial charge in [-0.3, -0.25) is 4.79 Å². The van der Waals surface area contributed by atoms with Gasteiger partial charge in [-0.15, -0.1) is 0 Å². The van der Waals surface area contributed by atoms with Gasteiger partial charge in [0.1, 0.15) is 17.7 Å². The van der Waals surface area contributed by atoms with Gasteiger partial charge in [-0.1, -0.05) is 5.16 Å². The Kier molecular flexibility index (Phi) is 7.87. The van der Waals surface area contributed by atoms with Crippen LogP contribution < -0.4 is 10.2 Å². The highest BCUT2D eigenvalue weighted by atomic mass is 19.1. The third-order valence-electron chi connectivity index (χ3n) is 5.40. The molecule has 0 atom stereocenters. The molecule has 1 N–H and O–H groups in total. The fourth-order valence-electron chi connectivity index (χ4n) is 3.73. The molecule has 32 heavy (non-hydrogen) atoms. The van der Waals surface area contributed by atoms with Crippen LogP contribution in [0.5, 0.6) is 0 Å². The van der Waals surface area contributed by atoms with Gasteiger partial charge in [0.15, 0.2) is 0 Å². The normalized spacial score (nSPS) is 17.4. The summed E-state index contributed by atoms with van der Waals surface area (Å²) in [6.07, 6.45) is 2.01. The maximum atomic E-state index is 14.5. The summed E-state index contributed by atoms with van der Waals surface area (Å²) in [4.78, 5) is 32.2. The van der Waals surface area contributed by atoms with Crippen molar-refractivity contribution in [3.8, 4) is 0 Å². The summed E-state index contributed by atoms with van der Waals surface area (Å²) in [6.45, 7) is 6.97. The van der Waals surface area contributed by atoms with Crippen molar-refractivity contribution in [2.75, 3.05) is 36.4 Å². The van der Waals surface area contributed by atoms with Gasteiger partial charge in [0.25, 0.3) is 0 Å². The monoisotopic (exact) mass is 452 g/mol. The van der Waals surface area contributed by atoms with E-state index in [1.54, 1.807) is 9.80 Å². The molecule has 2 aliphatic heterocycles. The Labute approximate surface area is 186 Å². The highest BCUT2D eigenvalue weighted by Crippen LogP contribution is 2.28. The second kappa shape index (κ2) is 10.6. The van der Waals surface area contributed by atoms with E-state index in [0.29, 0.717) is 51.9 Å². The number of oxime groups is 1. The van der Waals surface area contributed by atoms with E-state index in [9.17, 15) is 18.4 Å². The first kappa shape index (κ1) is 23.7. The third kappa shape index (κ3) is 6.30. The van der Waals surface area contributed by atoms with Crippen LogP contribution in [0.1, 0.15) is 46.5 Å². The van der Waals surface area contributed by atoms with E-state index in [1.165, 1.54) is 6.92 Å². The van der Waals surface area contributed by atoms with Crippen LogP contribution in [0, 0.1) is 11.6 Å². The third-order valence-corrected chi connectivity index (χ3v) is 5.40. The van der Waals surface area contributed by atoms with Crippen molar-refractivity contribution in [3.05, 3.63) is 23.8 Å². The van der Waals surface area contributed by atoms with Crippen molar-refractivity contribution >= 4 is 29.1 Å². The van der Waals surface area contributed by atoms with Gasteiger partial charge >= 0.3 is 6.09 Å². The minimum absolute atomic E-state index is 0.0588. The average Bonchev–Trinajstić information content (AvgIpc) is 2.74. The van der Waals surface area contributed by atoms with E-state index in [-0.39, 0.29) is 29.7 Å². The number of piperidine rings is 2. The number of nitrogens with zero attached hydrogens (tertiary/aromatic N) is 3. The largest absolute Gasteiger partial charge is 0.447 e. The topological polar surface area (TPSA) is 83.5 Å². The first-order chi connectivity index (χ1) is 15.2. The summed E-state index contributed by atoms with van der Waals surface area (Å²) in [7, 11) is 0. The quantitative estimate of drug-likeness (QED) is 0.685. The molecule has 1 aromatic carbocycles. The van der Waals surface area contributed by atoms with Gasteiger partial charge in [-0.05, 0) is 13.8 Å². The number of nitrogens with one attached hydrogen (secondary N) is 1. The van der Waals surface area contributed by atoms with Crippen molar-refractivity contribution in [1.29, 1.82) is 0 Å². The summed E-state index contributed by atoms with van der Waals surface area (Å²) < 4.78 is 33.9. The van der Waals surface area contributed by atoms with Crippen molar-refractivity contribution in [2.24, 2.45) is 5.16 Å². The molecule has 2 amide bonds. The minimum Gasteiger partial charge on any atom is -0.447 e. The zero-order valence-corrected chi connectivity index (χ0v) is 18.7. The minimum atomic E-state index is -0.678. The van der Waals surface area contributed by atoms with Crippen LogP contribution in [-0.2, 0) is 14.4 Å². The molecule has 2 heterocycles. The van der Waals surface area contributed by atoms with E-state index < -0.39 is 17.5 Å². The number of likely N-dealkylation sites (tertiary alicyclic amines) is 1. The van der Waals surface area contributed by atoms with Crippen LogP contribution in [0.15, 0.2) is 17.3 Å². The second-order valence-corrected chi connectivity index (χ2v) is 8.33. The number of rotatable bonds is 5. The van der Waals surface area contributed by atoms with E-state index >= 15 is 0 Å². The molecule has 8 nitrogen and oxygen atoms in total. The molecule has 0 aromatic heterocycles. The molecular formula is C22H30F2N4O4. The van der Waals surface area contributed by atoms with Crippen molar-refractivity contribution in [3.63, 3.8) is 0 Å². The van der Waals surface area contributed by atoms with Gasteiger partial charge < -0.3 is 24.7 Å². The van der Waals surface area contributed by atoms with Crippen LogP contribution in [0.2, 0.25) is 0 Å². The first-order valence-electron chi connectivity index (χ1n) is 10.9. The van der Waals surface area contributed by atoms with Gasteiger partial charge in [0.05, 0.1) is 23.2 Å². The molecule has 0 saturated carbocycles. The Hall–Kier alpha value is -2.91. The summed E-state index contributed by atoms with van der Waals surface area (Å²) >= 11 is 0. The second-order valence-electron chi connectivity index (χ2n) is 8.33. The Morgan fingerprint density at radius 3 is 2.34 bits per heavy atom.